The number of hydrogen-bond acceptors (Lipinski definition) is 7. The van der Waals surface area contributed by atoms with Gasteiger partial charge in [0, 0.05) is 30.4 Å². The van der Waals surface area contributed by atoms with Gasteiger partial charge in [0.15, 0.2) is 11.6 Å². The molecule has 196 valence electrons. The van der Waals surface area contributed by atoms with E-state index in [1.807, 2.05) is 66.5 Å². The summed E-state index contributed by atoms with van der Waals surface area (Å²) in [5.41, 5.74) is 2.68. The number of methoxy groups -OCH3 is 2. The summed E-state index contributed by atoms with van der Waals surface area (Å²) < 4.78 is 12.2. The van der Waals surface area contributed by atoms with Crippen LogP contribution in [-0.4, -0.2) is 58.8 Å². The molecule has 9 nitrogen and oxygen atoms in total. The lowest BCUT2D eigenvalue weighted by atomic mass is 10.2. The predicted molar refractivity (Wildman–Crippen MR) is 152 cm³/mol. The topological polar surface area (TPSA) is 103 Å². The summed E-state index contributed by atoms with van der Waals surface area (Å²) in [4.78, 5) is 21.9. The highest BCUT2D eigenvalue weighted by atomic mass is 31.0. The number of aromatic nitrogens is 4. The van der Waals surface area contributed by atoms with Crippen LogP contribution < -0.4 is 20.1 Å². The second-order valence-electron chi connectivity index (χ2n) is 8.48. The molecule has 2 heterocycles. The number of unbranched alkanes of at least 4 members (excludes halogenated alkanes) is 1. The van der Waals surface area contributed by atoms with Gasteiger partial charge in [0.1, 0.15) is 23.9 Å². The van der Waals surface area contributed by atoms with E-state index >= 15 is 0 Å². The van der Waals surface area contributed by atoms with Crippen LogP contribution in [0.25, 0.3) is 22.8 Å². The van der Waals surface area contributed by atoms with E-state index in [0.29, 0.717) is 18.2 Å². The van der Waals surface area contributed by atoms with E-state index in [1.54, 1.807) is 25.1 Å². The third-order valence-corrected chi connectivity index (χ3v) is 6.18. The summed E-state index contributed by atoms with van der Waals surface area (Å²) in [6.45, 7) is 1.41. The molecule has 0 aliphatic carbocycles. The van der Waals surface area contributed by atoms with Crippen molar-refractivity contribution in [1.29, 1.82) is 0 Å². The number of carbonyl (C=O) groups excluding carboxylic acids is 1. The molecule has 2 N–H and O–H groups in total. The standard InChI is InChI=1S/C28H31N6O3P/c1-36-23-10-6-21(7-11-23)27-32-28(22-8-12-24(37-2)13-9-22)34(33-27)18-26(35)30-16-4-3-15-29-25-14-5-20(19-38)17-31-25/h5-14,17,19,38H,3-4,15-16,18H2,1-2H3,(H,29,31)(H,30,35). The third-order valence-electron chi connectivity index (χ3n) is 5.85. The molecule has 0 spiro atoms. The van der Waals surface area contributed by atoms with Gasteiger partial charge in [0.05, 0.1) is 14.2 Å². The van der Waals surface area contributed by atoms with E-state index in [2.05, 4.69) is 29.6 Å². The molecule has 1 amide bonds. The minimum Gasteiger partial charge on any atom is -0.497 e. The number of ether oxygens (including phenoxy) is 2. The Bertz CT molecular complexity index is 1340. The zero-order valence-corrected chi connectivity index (χ0v) is 22.5. The molecule has 0 saturated heterocycles. The molecule has 2 aromatic heterocycles. The molecule has 10 heteroatoms. The molecule has 0 saturated carbocycles. The van der Waals surface area contributed by atoms with Gasteiger partial charge in [0.2, 0.25) is 5.91 Å². The van der Waals surface area contributed by atoms with Crippen molar-refractivity contribution in [1.82, 2.24) is 25.1 Å². The Kier molecular flexibility index (Phi) is 9.43. The van der Waals surface area contributed by atoms with E-state index in [1.165, 1.54) is 0 Å². The Hall–Kier alpha value is -4.23. The van der Waals surface area contributed by atoms with E-state index in [9.17, 15) is 4.79 Å². The van der Waals surface area contributed by atoms with Crippen LogP contribution in [-0.2, 0) is 11.3 Å². The van der Waals surface area contributed by atoms with Gasteiger partial charge >= 0.3 is 0 Å². The summed E-state index contributed by atoms with van der Waals surface area (Å²) in [6, 6.07) is 19.0. The summed E-state index contributed by atoms with van der Waals surface area (Å²) >= 11 is 0. The number of carbonyl (C=O) groups is 1. The second kappa shape index (κ2) is 13.4. The molecule has 0 atom stereocenters. The smallest absolute Gasteiger partial charge is 0.241 e. The van der Waals surface area contributed by atoms with Gasteiger partial charge in [-0.1, -0.05) is 0 Å². The summed E-state index contributed by atoms with van der Waals surface area (Å²) in [7, 11) is 6.59. The zero-order valence-electron chi connectivity index (χ0n) is 21.5. The van der Waals surface area contributed by atoms with Gasteiger partial charge in [-0.05, 0) is 84.9 Å². The number of anilines is 1. The highest BCUT2D eigenvalue weighted by molar-refractivity contribution is 7.19. The molecule has 0 fully saturated rings. The van der Waals surface area contributed by atoms with Crippen molar-refractivity contribution in [2.24, 2.45) is 0 Å². The number of nitrogens with zero attached hydrogens (tertiary/aromatic N) is 4. The van der Waals surface area contributed by atoms with Crippen LogP contribution in [0.5, 0.6) is 11.5 Å². The number of hydrogen-bond donors (Lipinski definition) is 2. The van der Waals surface area contributed by atoms with E-state index in [0.717, 1.165) is 53.4 Å². The van der Waals surface area contributed by atoms with E-state index in [-0.39, 0.29) is 12.5 Å². The molecule has 4 rings (SSSR count). The first-order valence-electron chi connectivity index (χ1n) is 12.3. The van der Waals surface area contributed by atoms with Crippen LogP contribution in [0.1, 0.15) is 18.4 Å². The fourth-order valence-corrected chi connectivity index (χ4v) is 3.92. The normalized spacial score (nSPS) is 10.6. The predicted octanol–water partition coefficient (Wildman–Crippen LogP) is 4.33. The molecule has 4 aromatic rings. The Morgan fingerprint density at radius 2 is 1.58 bits per heavy atom. The maximum atomic E-state index is 12.8. The van der Waals surface area contributed by atoms with Crippen LogP contribution >= 0.6 is 8.86 Å². The van der Waals surface area contributed by atoms with Crippen molar-refractivity contribution < 1.29 is 14.3 Å². The third kappa shape index (κ3) is 7.17. The SMILES string of the molecule is COc1ccc(-c2nc(-c3ccc(OC)cc3)n(CC(=O)NCCCCNc3ccc(C=P)cn3)n2)cc1. The molecular formula is C28H31N6O3P. The first-order chi connectivity index (χ1) is 18.6. The van der Waals surface area contributed by atoms with Gasteiger partial charge in [-0.15, -0.1) is 14.0 Å². The molecule has 0 aliphatic heterocycles. The lowest BCUT2D eigenvalue weighted by Gasteiger charge is -2.09. The lowest BCUT2D eigenvalue weighted by Crippen LogP contribution is -2.29. The molecule has 0 bridgehead atoms. The monoisotopic (exact) mass is 530 g/mol. The number of rotatable bonds is 13. The number of nitrogens with one attached hydrogen (secondary N) is 2. The van der Waals surface area contributed by atoms with E-state index in [4.69, 9.17) is 14.5 Å². The minimum absolute atomic E-state index is 0.0590. The van der Waals surface area contributed by atoms with Crippen molar-refractivity contribution in [3.05, 3.63) is 72.4 Å². The first kappa shape index (κ1) is 26.8. The number of pyridine rings is 1. The molecule has 0 aliphatic rings. The van der Waals surface area contributed by atoms with Gasteiger partial charge < -0.3 is 20.1 Å². The first-order valence-corrected chi connectivity index (χ1v) is 12.9. The summed E-state index contributed by atoms with van der Waals surface area (Å²) in [5.74, 6) is 5.16. The molecule has 38 heavy (non-hydrogen) atoms. The van der Waals surface area contributed by atoms with Gasteiger partial charge in [-0.25, -0.2) is 14.6 Å². The van der Waals surface area contributed by atoms with Crippen LogP contribution in [0, 0.1) is 0 Å². The Labute approximate surface area is 224 Å². The van der Waals surface area contributed by atoms with Gasteiger partial charge in [-0.3, -0.25) is 4.79 Å². The Morgan fingerprint density at radius 1 is 0.921 bits per heavy atom. The average molecular weight is 531 g/mol. The number of amides is 1. The van der Waals surface area contributed by atoms with Crippen molar-refractivity contribution >= 4 is 26.4 Å². The fourth-order valence-electron chi connectivity index (χ4n) is 3.75. The lowest BCUT2D eigenvalue weighted by molar-refractivity contribution is -0.121. The van der Waals surface area contributed by atoms with Crippen molar-refractivity contribution in [2.75, 3.05) is 32.6 Å². The van der Waals surface area contributed by atoms with Crippen molar-refractivity contribution in [3.63, 3.8) is 0 Å². The molecule has 0 unspecified atom stereocenters. The summed E-state index contributed by atoms with van der Waals surface area (Å²) in [5, 5.41) is 10.9. The number of benzene rings is 2. The fraction of sp³-hybridized carbons (Fsp3) is 0.250. The highest BCUT2D eigenvalue weighted by Gasteiger charge is 2.16. The summed E-state index contributed by atoms with van der Waals surface area (Å²) in [6.07, 6.45) is 3.53. The molecule has 0 radical (unpaired) electrons. The quantitative estimate of drug-likeness (QED) is 0.196. The van der Waals surface area contributed by atoms with Gasteiger partial charge in [-0.2, -0.15) is 0 Å². The minimum atomic E-state index is -0.123. The van der Waals surface area contributed by atoms with E-state index < -0.39 is 0 Å². The maximum absolute atomic E-state index is 12.8. The zero-order chi connectivity index (χ0) is 26.7. The van der Waals surface area contributed by atoms with Crippen LogP contribution in [0.15, 0.2) is 66.9 Å². The molecule has 2 aromatic carbocycles. The van der Waals surface area contributed by atoms with Crippen LogP contribution in [0.3, 0.4) is 0 Å². The average Bonchev–Trinajstić information content (AvgIpc) is 3.38. The van der Waals surface area contributed by atoms with Crippen LogP contribution in [0.4, 0.5) is 5.82 Å². The van der Waals surface area contributed by atoms with Crippen molar-refractivity contribution in [3.8, 4) is 34.3 Å². The van der Waals surface area contributed by atoms with Gasteiger partial charge in [0.25, 0.3) is 0 Å². The Morgan fingerprint density at radius 3 is 2.18 bits per heavy atom. The van der Waals surface area contributed by atoms with Crippen LogP contribution in [0.2, 0.25) is 0 Å². The molecular weight excluding hydrogens is 499 g/mol. The maximum Gasteiger partial charge on any atom is 0.241 e. The van der Waals surface area contributed by atoms with Crippen molar-refractivity contribution in [2.45, 2.75) is 19.4 Å². The Balaban J connectivity index is 1.35. The second-order valence-corrected chi connectivity index (χ2v) is 8.77. The highest BCUT2D eigenvalue weighted by Crippen LogP contribution is 2.25. The largest absolute Gasteiger partial charge is 0.497 e.